The summed E-state index contributed by atoms with van der Waals surface area (Å²) in [5.74, 6) is 1.44. The van der Waals surface area contributed by atoms with Crippen LogP contribution in [0.5, 0.6) is 5.75 Å². The van der Waals surface area contributed by atoms with Crippen LogP contribution in [-0.2, 0) is 22.5 Å². The van der Waals surface area contributed by atoms with E-state index in [1.807, 2.05) is 31.0 Å². The molecule has 1 saturated heterocycles. The highest BCUT2D eigenvalue weighted by Gasteiger charge is 2.48. The molecule has 1 aromatic carbocycles. The number of ether oxygens (including phenoxy) is 3. The zero-order chi connectivity index (χ0) is 22.3. The molecule has 0 bridgehead atoms. The standard InChI is InChI=1S/C24H31FN4O3/c1-15-4-5-18(21(8-15)31-14-30-3)22-19-10-24(6-7-24)32-13-20(19)23(28-27-22)26-17-9-16(25)11-29(2)12-17/h4-5,8,16-17H,6-7,9-14H2,1-3H3,(H,26,28)/t16-,17-/m1/s1. The van der Waals surface area contributed by atoms with Gasteiger partial charge in [0.25, 0.3) is 0 Å². The average Bonchev–Trinajstić information content (AvgIpc) is 3.50. The van der Waals surface area contributed by atoms with Crippen LogP contribution in [0.1, 0.15) is 36.0 Å². The molecule has 3 aliphatic rings. The second-order valence-corrected chi connectivity index (χ2v) is 9.45. The van der Waals surface area contributed by atoms with Gasteiger partial charge in [-0.25, -0.2) is 4.39 Å². The number of alkyl halides is 1. The zero-order valence-electron chi connectivity index (χ0n) is 19.0. The fourth-order valence-electron chi connectivity index (χ4n) is 4.86. The maximum atomic E-state index is 14.1. The minimum Gasteiger partial charge on any atom is -0.467 e. The summed E-state index contributed by atoms with van der Waals surface area (Å²) in [6, 6.07) is 6.09. The fourth-order valence-corrected chi connectivity index (χ4v) is 4.86. The number of benzene rings is 1. The van der Waals surface area contributed by atoms with Crippen LogP contribution in [0, 0.1) is 6.92 Å². The summed E-state index contributed by atoms with van der Waals surface area (Å²) >= 11 is 0. The largest absolute Gasteiger partial charge is 0.467 e. The lowest BCUT2D eigenvalue weighted by atomic mass is 9.92. The highest BCUT2D eigenvalue weighted by atomic mass is 19.1. The van der Waals surface area contributed by atoms with E-state index in [2.05, 4.69) is 21.6 Å². The van der Waals surface area contributed by atoms with E-state index >= 15 is 0 Å². The van der Waals surface area contributed by atoms with E-state index in [9.17, 15) is 4.39 Å². The van der Waals surface area contributed by atoms with Gasteiger partial charge in [-0.05, 0) is 50.1 Å². The molecule has 172 valence electrons. The van der Waals surface area contributed by atoms with Crippen LogP contribution in [0.3, 0.4) is 0 Å². The summed E-state index contributed by atoms with van der Waals surface area (Å²) in [4.78, 5) is 2.02. The van der Waals surface area contributed by atoms with Crippen LogP contribution in [0.2, 0.25) is 0 Å². The third-order valence-electron chi connectivity index (χ3n) is 6.66. The fraction of sp³-hybridized carbons (Fsp3) is 0.583. The molecular formula is C24H31FN4O3. The first kappa shape index (κ1) is 21.6. The van der Waals surface area contributed by atoms with Gasteiger partial charge in [-0.2, -0.15) is 0 Å². The molecule has 1 N–H and O–H groups in total. The number of fused-ring (bicyclic) bond motifs is 1. The third-order valence-corrected chi connectivity index (χ3v) is 6.66. The first-order valence-electron chi connectivity index (χ1n) is 11.3. The molecule has 2 aromatic rings. The van der Waals surface area contributed by atoms with Crippen LogP contribution in [0.4, 0.5) is 10.2 Å². The monoisotopic (exact) mass is 442 g/mol. The van der Waals surface area contributed by atoms with E-state index < -0.39 is 6.17 Å². The summed E-state index contributed by atoms with van der Waals surface area (Å²) in [7, 11) is 3.56. The summed E-state index contributed by atoms with van der Waals surface area (Å²) in [5.41, 5.74) is 4.93. The lowest BCUT2D eigenvalue weighted by molar-refractivity contribution is 0.00827. The molecule has 2 fully saturated rings. The average molecular weight is 443 g/mol. The van der Waals surface area contributed by atoms with Gasteiger partial charge in [0.2, 0.25) is 0 Å². The van der Waals surface area contributed by atoms with Gasteiger partial charge in [0, 0.05) is 50.2 Å². The van der Waals surface area contributed by atoms with Gasteiger partial charge in [0.05, 0.1) is 12.2 Å². The number of nitrogens with one attached hydrogen (secondary N) is 1. The quantitative estimate of drug-likeness (QED) is 0.687. The molecule has 5 rings (SSSR count). The molecular weight excluding hydrogens is 411 g/mol. The Kier molecular flexibility index (Phi) is 5.77. The van der Waals surface area contributed by atoms with Crippen molar-refractivity contribution >= 4 is 5.82 Å². The Bertz CT molecular complexity index is 987. The molecule has 1 spiro atoms. The van der Waals surface area contributed by atoms with Crippen LogP contribution in [0.15, 0.2) is 18.2 Å². The Morgan fingerprint density at radius 2 is 2.09 bits per heavy atom. The Hall–Kier alpha value is -2.29. The Morgan fingerprint density at radius 3 is 2.84 bits per heavy atom. The zero-order valence-corrected chi connectivity index (χ0v) is 19.0. The van der Waals surface area contributed by atoms with Gasteiger partial charge in [-0.15, -0.1) is 10.2 Å². The number of piperidine rings is 1. The lowest BCUT2D eigenvalue weighted by Gasteiger charge is -2.34. The van der Waals surface area contributed by atoms with Crippen molar-refractivity contribution in [1.29, 1.82) is 0 Å². The first-order chi connectivity index (χ1) is 15.5. The van der Waals surface area contributed by atoms with Gasteiger partial charge in [0.15, 0.2) is 12.6 Å². The summed E-state index contributed by atoms with van der Waals surface area (Å²) in [5, 5.41) is 12.7. The molecule has 7 nitrogen and oxygen atoms in total. The molecule has 32 heavy (non-hydrogen) atoms. The van der Waals surface area contributed by atoms with Gasteiger partial charge in [0.1, 0.15) is 17.6 Å². The molecule has 3 heterocycles. The summed E-state index contributed by atoms with van der Waals surface area (Å²) < 4.78 is 31.4. The SMILES string of the molecule is COCOc1cc(C)ccc1-c1nnc(N[C@@H]2C[C@@H](F)CN(C)C2)c2c1CC1(CC1)OC2. The predicted molar refractivity (Wildman–Crippen MR) is 120 cm³/mol. The van der Waals surface area contributed by atoms with Crippen LogP contribution >= 0.6 is 0 Å². The topological polar surface area (TPSA) is 68.7 Å². The second-order valence-electron chi connectivity index (χ2n) is 9.45. The number of rotatable bonds is 6. The molecule has 0 amide bonds. The number of halogens is 1. The Morgan fingerprint density at radius 1 is 1.25 bits per heavy atom. The van der Waals surface area contributed by atoms with Crippen molar-refractivity contribution in [2.75, 3.05) is 39.4 Å². The number of hydrogen-bond acceptors (Lipinski definition) is 7. The van der Waals surface area contributed by atoms with Crippen LogP contribution < -0.4 is 10.1 Å². The predicted octanol–water partition coefficient (Wildman–Crippen LogP) is 3.49. The van der Waals surface area contributed by atoms with Crippen molar-refractivity contribution in [3.05, 3.63) is 34.9 Å². The summed E-state index contributed by atoms with van der Waals surface area (Å²) in [6.45, 7) is 3.94. The van der Waals surface area contributed by atoms with E-state index in [1.165, 1.54) is 0 Å². The van der Waals surface area contributed by atoms with E-state index in [0.29, 0.717) is 25.4 Å². The van der Waals surface area contributed by atoms with Crippen molar-refractivity contribution in [3.8, 4) is 17.0 Å². The van der Waals surface area contributed by atoms with E-state index in [-0.39, 0.29) is 18.4 Å². The molecule has 1 aliphatic carbocycles. The molecule has 1 aromatic heterocycles. The van der Waals surface area contributed by atoms with Crippen molar-refractivity contribution in [2.45, 2.75) is 57.0 Å². The number of likely N-dealkylation sites (tertiary alicyclic amines) is 1. The number of likely N-dealkylation sites (N-methyl/N-ethyl adjacent to an activating group) is 1. The van der Waals surface area contributed by atoms with E-state index in [0.717, 1.165) is 59.5 Å². The number of nitrogens with zero attached hydrogens (tertiary/aromatic N) is 3. The molecule has 1 saturated carbocycles. The number of aromatic nitrogens is 2. The van der Waals surface area contributed by atoms with E-state index in [4.69, 9.17) is 14.2 Å². The van der Waals surface area contributed by atoms with Gasteiger partial charge in [-0.1, -0.05) is 6.07 Å². The van der Waals surface area contributed by atoms with Gasteiger partial charge >= 0.3 is 0 Å². The smallest absolute Gasteiger partial charge is 0.188 e. The number of anilines is 1. The van der Waals surface area contributed by atoms with Crippen molar-refractivity contribution < 1.29 is 18.6 Å². The first-order valence-corrected chi connectivity index (χ1v) is 11.3. The normalized spacial score (nSPS) is 24.2. The van der Waals surface area contributed by atoms with Gasteiger partial charge < -0.3 is 24.4 Å². The molecule has 0 radical (unpaired) electrons. The van der Waals surface area contributed by atoms with Crippen molar-refractivity contribution in [3.63, 3.8) is 0 Å². The molecule has 0 unspecified atom stereocenters. The highest BCUT2D eigenvalue weighted by Crippen LogP contribution is 2.49. The van der Waals surface area contributed by atoms with E-state index in [1.54, 1.807) is 7.11 Å². The van der Waals surface area contributed by atoms with Crippen LogP contribution in [-0.4, -0.2) is 67.0 Å². The summed E-state index contributed by atoms with van der Waals surface area (Å²) in [6.07, 6.45) is 2.56. The number of aryl methyl sites for hydroxylation is 1. The van der Waals surface area contributed by atoms with Crippen LogP contribution in [0.25, 0.3) is 11.3 Å². The molecule has 2 atom stereocenters. The molecule has 2 aliphatic heterocycles. The maximum Gasteiger partial charge on any atom is 0.188 e. The van der Waals surface area contributed by atoms with Crippen molar-refractivity contribution in [2.24, 2.45) is 0 Å². The second kappa shape index (κ2) is 8.57. The minimum atomic E-state index is -0.839. The van der Waals surface area contributed by atoms with Crippen molar-refractivity contribution in [1.82, 2.24) is 15.1 Å². The number of hydrogen-bond donors (Lipinski definition) is 1. The maximum absolute atomic E-state index is 14.1. The molecule has 8 heteroatoms. The number of methoxy groups -OCH3 is 1. The Balaban J connectivity index is 1.53. The minimum absolute atomic E-state index is 0.00946. The third kappa shape index (κ3) is 4.31. The van der Waals surface area contributed by atoms with Gasteiger partial charge in [-0.3, -0.25) is 0 Å². The Labute approximate surface area is 188 Å². The highest BCUT2D eigenvalue weighted by molar-refractivity contribution is 5.73. The lowest BCUT2D eigenvalue weighted by Crippen LogP contribution is -2.45.